The standard InChI is InChI=1S/C25H27N3O5/c1-3-15-33-25(32)22(27-23(30)20-11-7-8-14-26-20)17(2)12-13-18-16-21(29)28(24(18)31)19-9-5-4-6-10-19/h3-11,14,17-18,22H,1,12-13,15-16H2,2H3,(H,27,30)/t17-,18?,22-/m0/s1. The molecule has 1 N–H and O–H groups in total. The van der Waals surface area contributed by atoms with Gasteiger partial charge in [-0.25, -0.2) is 4.79 Å². The number of rotatable bonds is 10. The van der Waals surface area contributed by atoms with Crippen LogP contribution in [0.2, 0.25) is 0 Å². The fourth-order valence-corrected chi connectivity index (χ4v) is 3.78. The topological polar surface area (TPSA) is 106 Å². The van der Waals surface area contributed by atoms with Crippen LogP contribution in [0.5, 0.6) is 0 Å². The first-order valence-electron chi connectivity index (χ1n) is 10.8. The molecule has 0 spiro atoms. The lowest BCUT2D eigenvalue weighted by atomic mass is 9.90. The first-order chi connectivity index (χ1) is 15.9. The molecule has 8 nitrogen and oxygen atoms in total. The number of hydrogen-bond acceptors (Lipinski definition) is 6. The number of aromatic nitrogens is 1. The van der Waals surface area contributed by atoms with E-state index >= 15 is 0 Å². The SMILES string of the molecule is C=CCOC(=O)[C@@H](NC(=O)c1ccccn1)[C@@H](C)CCC1CC(=O)N(c2ccccc2)C1=O. The molecule has 33 heavy (non-hydrogen) atoms. The Kier molecular flexibility index (Phi) is 8.07. The van der Waals surface area contributed by atoms with Crippen molar-refractivity contribution in [1.82, 2.24) is 10.3 Å². The minimum atomic E-state index is -0.933. The number of nitrogens with one attached hydrogen (secondary N) is 1. The number of esters is 1. The Balaban J connectivity index is 1.66. The average Bonchev–Trinajstić information content (AvgIpc) is 3.13. The van der Waals surface area contributed by atoms with E-state index in [1.165, 1.54) is 17.2 Å². The van der Waals surface area contributed by atoms with Gasteiger partial charge in [0.15, 0.2) is 0 Å². The highest BCUT2D eigenvalue weighted by molar-refractivity contribution is 6.20. The largest absolute Gasteiger partial charge is 0.460 e. The normalized spacial score (nSPS) is 17.4. The number of pyridine rings is 1. The van der Waals surface area contributed by atoms with Gasteiger partial charge in [-0.15, -0.1) is 0 Å². The second-order valence-electron chi connectivity index (χ2n) is 7.94. The Hall–Kier alpha value is -3.81. The Morgan fingerprint density at radius 2 is 1.94 bits per heavy atom. The molecule has 0 aliphatic carbocycles. The van der Waals surface area contributed by atoms with E-state index in [1.54, 1.807) is 49.4 Å². The lowest BCUT2D eigenvalue weighted by Crippen LogP contribution is -2.46. The molecular formula is C25H27N3O5. The van der Waals surface area contributed by atoms with Gasteiger partial charge in [-0.2, -0.15) is 0 Å². The monoisotopic (exact) mass is 449 g/mol. The first-order valence-corrected chi connectivity index (χ1v) is 10.8. The summed E-state index contributed by atoms with van der Waals surface area (Å²) in [5.41, 5.74) is 0.734. The van der Waals surface area contributed by atoms with Gasteiger partial charge in [0, 0.05) is 18.5 Å². The van der Waals surface area contributed by atoms with Gasteiger partial charge >= 0.3 is 5.97 Å². The lowest BCUT2D eigenvalue weighted by molar-refractivity contribution is -0.146. The molecule has 0 bridgehead atoms. The number of carbonyl (C=O) groups excluding carboxylic acids is 4. The van der Waals surface area contributed by atoms with Gasteiger partial charge < -0.3 is 10.1 Å². The number of hydrogen-bond donors (Lipinski definition) is 1. The summed E-state index contributed by atoms with van der Waals surface area (Å²) in [6.07, 6.45) is 3.89. The molecule has 1 unspecified atom stereocenters. The molecule has 1 aliphatic rings. The van der Waals surface area contributed by atoms with Gasteiger partial charge in [-0.3, -0.25) is 24.3 Å². The van der Waals surface area contributed by atoms with Crippen molar-refractivity contribution in [3.63, 3.8) is 0 Å². The van der Waals surface area contributed by atoms with E-state index in [-0.39, 0.29) is 36.5 Å². The summed E-state index contributed by atoms with van der Waals surface area (Å²) in [5.74, 6) is -2.40. The van der Waals surface area contributed by atoms with Crippen LogP contribution in [0.15, 0.2) is 67.4 Å². The maximum Gasteiger partial charge on any atom is 0.329 e. The molecule has 2 aromatic rings. The highest BCUT2D eigenvalue weighted by Crippen LogP contribution is 2.30. The maximum absolute atomic E-state index is 12.9. The third-order valence-electron chi connectivity index (χ3n) is 5.58. The number of carbonyl (C=O) groups is 4. The summed E-state index contributed by atoms with van der Waals surface area (Å²) < 4.78 is 5.17. The van der Waals surface area contributed by atoms with Crippen molar-refractivity contribution >= 4 is 29.4 Å². The van der Waals surface area contributed by atoms with Crippen LogP contribution in [0.1, 0.15) is 36.7 Å². The molecule has 0 radical (unpaired) electrons. The molecule has 1 aromatic carbocycles. The predicted octanol–water partition coefficient (Wildman–Crippen LogP) is 2.91. The molecular weight excluding hydrogens is 422 g/mol. The third kappa shape index (κ3) is 5.91. The van der Waals surface area contributed by atoms with Gasteiger partial charge in [0.2, 0.25) is 11.8 Å². The summed E-state index contributed by atoms with van der Waals surface area (Å²) in [4.78, 5) is 55.8. The van der Waals surface area contributed by atoms with Crippen LogP contribution in [-0.2, 0) is 19.1 Å². The van der Waals surface area contributed by atoms with Crippen LogP contribution in [0.3, 0.4) is 0 Å². The summed E-state index contributed by atoms with van der Waals surface area (Å²) in [7, 11) is 0. The molecule has 0 saturated carbocycles. The summed E-state index contributed by atoms with van der Waals surface area (Å²) in [5, 5.41) is 2.70. The van der Waals surface area contributed by atoms with Crippen LogP contribution in [0.25, 0.3) is 0 Å². The maximum atomic E-state index is 12.9. The molecule has 1 saturated heterocycles. The Morgan fingerprint density at radius 3 is 2.61 bits per heavy atom. The van der Waals surface area contributed by atoms with Crippen LogP contribution < -0.4 is 10.2 Å². The fraction of sp³-hybridized carbons (Fsp3) is 0.320. The highest BCUT2D eigenvalue weighted by atomic mass is 16.5. The first kappa shape index (κ1) is 23.8. The van der Waals surface area contributed by atoms with Crippen molar-refractivity contribution in [1.29, 1.82) is 0 Å². The molecule has 3 rings (SSSR count). The molecule has 1 fully saturated rings. The van der Waals surface area contributed by atoms with Crippen molar-refractivity contribution in [2.45, 2.75) is 32.2 Å². The minimum absolute atomic E-state index is 0.0170. The molecule has 2 heterocycles. The van der Waals surface area contributed by atoms with Crippen LogP contribution in [0.4, 0.5) is 5.69 Å². The van der Waals surface area contributed by atoms with Crippen molar-refractivity contribution in [3.05, 3.63) is 73.1 Å². The number of ether oxygens (including phenoxy) is 1. The van der Waals surface area contributed by atoms with E-state index in [4.69, 9.17) is 4.74 Å². The van der Waals surface area contributed by atoms with Crippen molar-refractivity contribution in [3.8, 4) is 0 Å². The second kappa shape index (κ2) is 11.2. The van der Waals surface area contributed by atoms with E-state index in [9.17, 15) is 19.2 Å². The molecule has 3 amide bonds. The Morgan fingerprint density at radius 1 is 1.21 bits per heavy atom. The minimum Gasteiger partial charge on any atom is -0.460 e. The highest BCUT2D eigenvalue weighted by Gasteiger charge is 2.40. The van der Waals surface area contributed by atoms with Gasteiger partial charge in [-0.05, 0) is 43.0 Å². The van der Waals surface area contributed by atoms with Gasteiger partial charge in [0.1, 0.15) is 18.3 Å². The number of imide groups is 1. The van der Waals surface area contributed by atoms with E-state index < -0.39 is 23.8 Å². The summed E-state index contributed by atoms with van der Waals surface area (Å²) in [6.45, 7) is 5.35. The number of anilines is 1. The quantitative estimate of drug-likeness (QED) is 0.340. The van der Waals surface area contributed by atoms with E-state index in [0.717, 1.165) is 0 Å². The molecule has 8 heteroatoms. The van der Waals surface area contributed by atoms with E-state index in [1.807, 2.05) is 6.07 Å². The van der Waals surface area contributed by atoms with Crippen molar-refractivity contribution < 1.29 is 23.9 Å². The fourth-order valence-electron chi connectivity index (χ4n) is 3.78. The molecule has 1 aromatic heterocycles. The average molecular weight is 450 g/mol. The number of benzene rings is 1. The number of nitrogens with zero attached hydrogens (tertiary/aromatic N) is 2. The lowest BCUT2D eigenvalue weighted by Gasteiger charge is -2.24. The zero-order valence-electron chi connectivity index (χ0n) is 18.5. The smallest absolute Gasteiger partial charge is 0.329 e. The Bertz CT molecular complexity index is 1010. The number of amides is 3. The van der Waals surface area contributed by atoms with Gasteiger partial charge in [-0.1, -0.05) is 43.8 Å². The molecule has 172 valence electrons. The molecule has 1 aliphatic heterocycles. The van der Waals surface area contributed by atoms with Crippen LogP contribution in [-0.4, -0.2) is 41.3 Å². The zero-order chi connectivity index (χ0) is 23.8. The van der Waals surface area contributed by atoms with Crippen LogP contribution in [0, 0.1) is 11.8 Å². The van der Waals surface area contributed by atoms with Crippen LogP contribution >= 0.6 is 0 Å². The molecule has 3 atom stereocenters. The summed E-state index contributed by atoms with van der Waals surface area (Å²) >= 11 is 0. The van der Waals surface area contributed by atoms with Crippen molar-refractivity contribution in [2.24, 2.45) is 11.8 Å². The number of para-hydroxylation sites is 1. The second-order valence-corrected chi connectivity index (χ2v) is 7.94. The zero-order valence-corrected chi connectivity index (χ0v) is 18.5. The van der Waals surface area contributed by atoms with Gasteiger partial charge in [0.25, 0.3) is 5.91 Å². The summed E-state index contributed by atoms with van der Waals surface area (Å²) in [6, 6.07) is 12.8. The van der Waals surface area contributed by atoms with Crippen molar-refractivity contribution in [2.75, 3.05) is 11.5 Å². The third-order valence-corrected chi connectivity index (χ3v) is 5.58. The van der Waals surface area contributed by atoms with E-state index in [0.29, 0.717) is 18.5 Å². The van der Waals surface area contributed by atoms with E-state index in [2.05, 4.69) is 16.9 Å². The predicted molar refractivity (Wildman–Crippen MR) is 122 cm³/mol. The van der Waals surface area contributed by atoms with Gasteiger partial charge in [0.05, 0.1) is 5.69 Å². The Labute approximate surface area is 192 Å².